The molecule has 1 amide bonds. The first-order valence-corrected chi connectivity index (χ1v) is 11.8. The van der Waals surface area contributed by atoms with Gasteiger partial charge in [0.25, 0.3) is 5.91 Å². The van der Waals surface area contributed by atoms with Crippen LogP contribution in [0.4, 0.5) is 0 Å². The van der Waals surface area contributed by atoms with Crippen molar-refractivity contribution >= 4 is 27.3 Å². The zero-order valence-electron chi connectivity index (χ0n) is 16.6. The van der Waals surface area contributed by atoms with Crippen LogP contribution in [0, 0.1) is 13.8 Å². The van der Waals surface area contributed by atoms with E-state index in [1.807, 2.05) is 44.4 Å². The topological polar surface area (TPSA) is 70.9 Å². The first kappa shape index (κ1) is 21.0. The molecule has 1 aromatic carbocycles. The summed E-state index contributed by atoms with van der Waals surface area (Å²) in [6.07, 6.45) is 0. The fourth-order valence-corrected chi connectivity index (χ4v) is 5.63. The van der Waals surface area contributed by atoms with Crippen molar-refractivity contribution in [1.29, 1.82) is 0 Å². The molecule has 6 nitrogen and oxygen atoms in total. The van der Waals surface area contributed by atoms with Crippen LogP contribution in [0.1, 0.15) is 29.0 Å². The summed E-state index contributed by atoms with van der Waals surface area (Å²) in [6, 6.07) is 9.25. The number of rotatable bonds is 6. The lowest BCUT2D eigenvalue weighted by Crippen LogP contribution is -3.15. The Morgan fingerprint density at radius 3 is 2.54 bits per heavy atom. The maximum atomic E-state index is 12.9. The van der Waals surface area contributed by atoms with Crippen LogP contribution in [-0.4, -0.2) is 51.4 Å². The highest BCUT2D eigenvalue weighted by Gasteiger charge is 2.31. The summed E-state index contributed by atoms with van der Waals surface area (Å²) in [5.74, 6) is 0.00127. The molecule has 8 heteroatoms. The van der Waals surface area contributed by atoms with Gasteiger partial charge in [0.2, 0.25) is 10.0 Å². The molecule has 0 spiro atoms. The number of amides is 1. The number of nitrogens with zero attached hydrogens (tertiary/aromatic N) is 1. The van der Waals surface area contributed by atoms with E-state index in [2.05, 4.69) is 5.32 Å². The minimum Gasteiger partial charge on any atom is -0.344 e. The third-order valence-corrected chi connectivity index (χ3v) is 8.25. The van der Waals surface area contributed by atoms with Crippen LogP contribution in [-0.2, 0) is 14.8 Å². The molecule has 1 fully saturated rings. The molecule has 2 N–H and O–H groups in total. The molecule has 1 saturated heterocycles. The number of benzene rings is 1. The summed E-state index contributed by atoms with van der Waals surface area (Å²) in [4.78, 5) is 14.9. The van der Waals surface area contributed by atoms with Crippen LogP contribution in [0.3, 0.4) is 0 Å². The molecule has 0 aliphatic carbocycles. The molecule has 152 valence electrons. The van der Waals surface area contributed by atoms with E-state index in [9.17, 15) is 13.2 Å². The first-order chi connectivity index (χ1) is 13.3. The first-order valence-electron chi connectivity index (χ1n) is 9.51. The van der Waals surface area contributed by atoms with E-state index >= 15 is 0 Å². The Kier molecular flexibility index (Phi) is 6.54. The monoisotopic (exact) mass is 422 g/mol. The molecule has 1 atom stereocenters. The number of quaternary nitrogens is 1. The van der Waals surface area contributed by atoms with Gasteiger partial charge < -0.3 is 10.2 Å². The molecule has 3 rings (SSSR count). The van der Waals surface area contributed by atoms with Crippen LogP contribution >= 0.6 is 11.3 Å². The summed E-state index contributed by atoms with van der Waals surface area (Å²) in [5.41, 5.74) is 2.05. The number of thiophene rings is 1. The van der Waals surface area contributed by atoms with Gasteiger partial charge in [-0.05, 0) is 55.5 Å². The molecule has 2 heterocycles. The molecule has 0 bridgehead atoms. The Labute approximate surface area is 171 Å². The molecule has 1 aliphatic heterocycles. The zero-order valence-corrected chi connectivity index (χ0v) is 18.2. The fraction of sp³-hybridized carbons (Fsp3) is 0.450. The number of hydrogen-bond acceptors (Lipinski definition) is 4. The van der Waals surface area contributed by atoms with Gasteiger partial charge in [0, 0.05) is 4.88 Å². The Hall–Kier alpha value is -1.74. The van der Waals surface area contributed by atoms with Gasteiger partial charge in [0.1, 0.15) is 0 Å². The second-order valence-corrected chi connectivity index (χ2v) is 10.3. The highest BCUT2D eigenvalue weighted by Crippen LogP contribution is 2.19. The Balaban J connectivity index is 1.53. The summed E-state index contributed by atoms with van der Waals surface area (Å²) < 4.78 is 27.3. The average molecular weight is 423 g/mol. The van der Waals surface area contributed by atoms with Crippen molar-refractivity contribution in [2.75, 3.05) is 32.7 Å². The number of aryl methyl sites for hydroxylation is 2. The fourth-order valence-electron chi connectivity index (χ4n) is 3.37. The standard InChI is InChI=1S/C20H27N3O3S2/c1-15-6-7-18(13-16(15)2)28(25,26)23-10-8-22(9-11-23)14-20(24)21-17(3)19-5-4-12-27-19/h4-7,12-13,17H,8-11,14H2,1-3H3,(H,21,24)/p+1/t17-/m0/s1. The predicted octanol–water partition coefficient (Wildman–Crippen LogP) is 1.13. The number of carbonyl (C=O) groups excluding carboxylic acids is 1. The summed E-state index contributed by atoms with van der Waals surface area (Å²) >= 11 is 1.63. The predicted molar refractivity (Wildman–Crippen MR) is 111 cm³/mol. The lowest BCUT2D eigenvalue weighted by Gasteiger charge is -2.31. The second-order valence-electron chi connectivity index (χ2n) is 7.38. The number of nitrogens with one attached hydrogen (secondary N) is 2. The maximum Gasteiger partial charge on any atom is 0.275 e. The van der Waals surface area contributed by atoms with Crippen LogP contribution in [0.2, 0.25) is 0 Å². The smallest absolute Gasteiger partial charge is 0.275 e. The highest BCUT2D eigenvalue weighted by atomic mass is 32.2. The highest BCUT2D eigenvalue weighted by molar-refractivity contribution is 7.89. The van der Waals surface area contributed by atoms with Crippen LogP contribution in [0.15, 0.2) is 40.6 Å². The van der Waals surface area contributed by atoms with Crippen LogP contribution in [0.25, 0.3) is 0 Å². The molecule has 0 unspecified atom stereocenters. The molecule has 0 radical (unpaired) electrons. The Morgan fingerprint density at radius 1 is 1.21 bits per heavy atom. The van der Waals surface area contributed by atoms with E-state index in [1.165, 1.54) is 4.31 Å². The van der Waals surface area contributed by atoms with Crippen molar-refractivity contribution in [2.45, 2.75) is 31.7 Å². The van der Waals surface area contributed by atoms with Gasteiger partial charge >= 0.3 is 0 Å². The average Bonchev–Trinajstić information content (AvgIpc) is 3.19. The molecule has 1 aliphatic rings. The largest absolute Gasteiger partial charge is 0.344 e. The summed E-state index contributed by atoms with van der Waals surface area (Å²) in [7, 11) is -3.48. The number of piperazine rings is 1. The molecule has 28 heavy (non-hydrogen) atoms. The van der Waals surface area contributed by atoms with Crippen molar-refractivity contribution < 1.29 is 18.1 Å². The summed E-state index contributed by atoms with van der Waals surface area (Å²) in [6.45, 7) is 8.36. The normalized spacial score (nSPS) is 17.4. The number of carbonyl (C=O) groups is 1. The Bertz CT molecular complexity index is 918. The number of sulfonamides is 1. The van der Waals surface area contributed by atoms with Gasteiger partial charge in [-0.15, -0.1) is 11.3 Å². The van der Waals surface area contributed by atoms with Gasteiger partial charge in [0.05, 0.1) is 37.1 Å². The lowest BCUT2D eigenvalue weighted by molar-refractivity contribution is -0.895. The molecular weight excluding hydrogens is 394 g/mol. The van der Waals surface area contributed by atoms with E-state index < -0.39 is 10.0 Å². The van der Waals surface area contributed by atoms with Gasteiger partial charge in [-0.1, -0.05) is 12.1 Å². The lowest BCUT2D eigenvalue weighted by atomic mass is 10.1. The molecule has 0 saturated carbocycles. The minimum absolute atomic E-state index is 0.00127. The van der Waals surface area contributed by atoms with Gasteiger partial charge in [-0.3, -0.25) is 4.79 Å². The van der Waals surface area contributed by atoms with Crippen molar-refractivity contribution in [2.24, 2.45) is 0 Å². The van der Waals surface area contributed by atoms with E-state index in [0.717, 1.165) is 20.9 Å². The van der Waals surface area contributed by atoms with Crippen molar-refractivity contribution in [1.82, 2.24) is 9.62 Å². The van der Waals surface area contributed by atoms with E-state index in [4.69, 9.17) is 0 Å². The molecule has 2 aromatic rings. The SMILES string of the molecule is Cc1ccc(S(=O)(=O)N2CC[NH+](CC(=O)N[C@@H](C)c3cccs3)CC2)cc1C. The third-order valence-electron chi connectivity index (χ3n) is 5.30. The second kappa shape index (κ2) is 8.73. The van der Waals surface area contributed by atoms with Crippen molar-refractivity contribution in [3.63, 3.8) is 0 Å². The quantitative estimate of drug-likeness (QED) is 0.733. The number of hydrogen-bond donors (Lipinski definition) is 2. The van der Waals surface area contributed by atoms with Crippen molar-refractivity contribution in [3.8, 4) is 0 Å². The van der Waals surface area contributed by atoms with E-state index in [-0.39, 0.29) is 11.9 Å². The minimum atomic E-state index is -3.48. The molecule has 1 aromatic heterocycles. The van der Waals surface area contributed by atoms with E-state index in [1.54, 1.807) is 23.5 Å². The zero-order chi connectivity index (χ0) is 20.3. The van der Waals surface area contributed by atoms with Gasteiger partial charge in [0.15, 0.2) is 6.54 Å². The van der Waals surface area contributed by atoms with Gasteiger partial charge in [-0.2, -0.15) is 4.31 Å². The molecular formula is C20H28N3O3S2+. The van der Waals surface area contributed by atoms with Crippen LogP contribution in [0.5, 0.6) is 0 Å². The van der Waals surface area contributed by atoms with Gasteiger partial charge in [-0.25, -0.2) is 8.42 Å². The van der Waals surface area contributed by atoms with Crippen LogP contribution < -0.4 is 10.2 Å². The Morgan fingerprint density at radius 2 is 1.93 bits per heavy atom. The summed E-state index contributed by atoms with van der Waals surface area (Å²) in [5, 5.41) is 5.03. The maximum absolute atomic E-state index is 12.9. The van der Waals surface area contributed by atoms with E-state index in [0.29, 0.717) is 37.6 Å². The third kappa shape index (κ3) is 4.81. The van der Waals surface area contributed by atoms with Crippen molar-refractivity contribution in [3.05, 3.63) is 51.7 Å².